The van der Waals surface area contributed by atoms with Crippen molar-refractivity contribution in [3.63, 3.8) is 0 Å². The Kier molecular flexibility index (Phi) is 5.90. The SMILES string of the molecule is Cc1ccc2cc(C(C)(C)CCCc3cccc(Oc4ccccc4)c3)ccc2c1. The molecule has 0 aromatic heterocycles. The van der Waals surface area contributed by atoms with E-state index in [0.29, 0.717) is 0 Å². The van der Waals surface area contributed by atoms with Crippen LogP contribution in [0.2, 0.25) is 0 Å². The van der Waals surface area contributed by atoms with Gasteiger partial charge in [0.2, 0.25) is 0 Å². The Morgan fingerprint density at radius 1 is 0.700 bits per heavy atom. The fourth-order valence-corrected chi connectivity index (χ4v) is 4.05. The zero-order valence-electron chi connectivity index (χ0n) is 18.2. The second-order valence-corrected chi connectivity index (χ2v) is 8.87. The van der Waals surface area contributed by atoms with E-state index in [9.17, 15) is 0 Å². The highest BCUT2D eigenvalue weighted by Gasteiger charge is 2.20. The van der Waals surface area contributed by atoms with Crippen LogP contribution in [0.15, 0.2) is 91.0 Å². The summed E-state index contributed by atoms with van der Waals surface area (Å²) >= 11 is 0. The van der Waals surface area contributed by atoms with E-state index in [1.807, 2.05) is 36.4 Å². The minimum Gasteiger partial charge on any atom is -0.457 e. The molecule has 0 aliphatic heterocycles. The van der Waals surface area contributed by atoms with E-state index in [2.05, 4.69) is 75.4 Å². The summed E-state index contributed by atoms with van der Waals surface area (Å²) in [6, 6.07) is 32.1. The Bertz CT molecular complexity index is 1130. The van der Waals surface area contributed by atoms with Gasteiger partial charge in [-0.3, -0.25) is 0 Å². The van der Waals surface area contributed by atoms with Crippen LogP contribution >= 0.6 is 0 Å². The van der Waals surface area contributed by atoms with E-state index in [1.165, 1.54) is 27.5 Å². The molecule has 4 aromatic rings. The lowest BCUT2D eigenvalue weighted by Gasteiger charge is -2.26. The standard InChI is InChI=1S/C29H30O/c1-22-14-15-25-21-26(17-16-24(25)19-22)29(2,3)18-8-10-23-9-7-13-28(20-23)30-27-11-5-4-6-12-27/h4-7,9,11-17,19-21H,8,10,18H2,1-3H3. The average molecular weight is 395 g/mol. The first kappa shape index (κ1) is 20.2. The van der Waals surface area contributed by atoms with Gasteiger partial charge < -0.3 is 4.74 Å². The number of rotatable bonds is 7. The van der Waals surface area contributed by atoms with E-state index < -0.39 is 0 Å². The van der Waals surface area contributed by atoms with E-state index in [4.69, 9.17) is 4.74 Å². The Balaban J connectivity index is 1.39. The van der Waals surface area contributed by atoms with E-state index in [1.54, 1.807) is 0 Å². The fourth-order valence-electron chi connectivity index (χ4n) is 4.05. The highest BCUT2D eigenvalue weighted by Crippen LogP contribution is 2.32. The minimum absolute atomic E-state index is 0.150. The average Bonchev–Trinajstić information content (AvgIpc) is 2.74. The van der Waals surface area contributed by atoms with Crippen LogP contribution in [0.5, 0.6) is 11.5 Å². The quantitative estimate of drug-likeness (QED) is 0.307. The molecular formula is C29H30O. The van der Waals surface area contributed by atoms with Gasteiger partial charge in [-0.25, -0.2) is 0 Å². The van der Waals surface area contributed by atoms with Crippen LogP contribution in [-0.2, 0) is 11.8 Å². The van der Waals surface area contributed by atoms with Crippen molar-refractivity contribution in [3.8, 4) is 11.5 Å². The van der Waals surface area contributed by atoms with Gasteiger partial charge in [0.25, 0.3) is 0 Å². The van der Waals surface area contributed by atoms with Gasteiger partial charge in [0.05, 0.1) is 0 Å². The van der Waals surface area contributed by atoms with Crippen molar-refractivity contribution in [3.05, 3.63) is 108 Å². The molecule has 0 aliphatic rings. The van der Waals surface area contributed by atoms with Crippen molar-refractivity contribution < 1.29 is 4.74 Å². The maximum absolute atomic E-state index is 5.98. The summed E-state index contributed by atoms with van der Waals surface area (Å²) in [5.74, 6) is 1.78. The smallest absolute Gasteiger partial charge is 0.127 e. The third kappa shape index (κ3) is 4.91. The lowest BCUT2D eigenvalue weighted by molar-refractivity contribution is 0.460. The molecule has 0 radical (unpaired) electrons. The summed E-state index contributed by atoms with van der Waals surface area (Å²) in [7, 11) is 0. The Hall–Kier alpha value is -3.06. The van der Waals surface area contributed by atoms with Crippen LogP contribution in [-0.4, -0.2) is 0 Å². The maximum atomic E-state index is 5.98. The summed E-state index contributed by atoms with van der Waals surface area (Å²) in [6.07, 6.45) is 3.35. The van der Waals surface area contributed by atoms with E-state index in [0.717, 1.165) is 30.8 Å². The predicted molar refractivity (Wildman–Crippen MR) is 128 cm³/mol. The van der Waals surface area contributed by atoms with Crippen molar-refractivity contribution >= 4 is 10.8 Å². The van der Waals surface area contributed by atoms with Crippen molar-refractivity contribution in [1.29, 1.82) is 0 Å². The van der Waals surface area contributed by atoms with E-state index >= 15 is 0 Å². The Morgan fingerprint density at radius 2 is 1.43 bits per heavy atom. The van der Waals surface area contributed by atoms with E-state index in [-0.39, 0.29) is 5.41 Å². The van der Waals surface area contributed by atoms with Gasteiger partial charge in [0.15, 0.2) is 0 Å². The number of para-hydroxylation sites is 1. The Morgan fingerprint density at radius 3 is 2.27 bits per heavy atom. The van der Waals surface area contributed by atoms with Gasteiger partial charge in [0.1, 0.15) is 11.5 Å². The molecule has 0 heterocycles. The van der Waals surface area contributed by atoms with Crippen LogP contribution < -0.4 is 4.74 Å². The fraction of sp³-hybridized carbons (Fsp3) is 0.241. The lowest BCUT2D eigenvalue weighted by Crippen LogP contribution is -2.17. The summed E-state index contributed by atoms with van der Waals surface area (Å²) in [6.45, 7) is 6.87. The topological polar surface area (TPSA) is 9.23 Å². The second-order valence-electron chi connectivity index (χ2n) is 8.87. The number of hydrogen-bond donors (Lipinski definition) is 0. The molecule has 0 N–H and O–H groups in total. The third-order valence-corrected chi connectivity index (χ3v) is 5.92. The molecule has 0 spiro atoms. The summed E-state index contributed by atoms with van der Waals surface area (Å²) < 4.78 is 5.98. The van der Waals surface area contributed by atoms with Gasteiger partial charge in [0, 0.05) is 0 Å². The normalized spacial score (nSPS) is 11.6. The first-order chi connectivity index (χ1) is 14.5. The van der Waals surface area contributed by atoms with Crippen LogP contribution in [0, 0.1) is 6.92 Å². The second kappa shape index (κ2) is 8.75. The highest BCUT2D eigenvalue weighted by molar-refractivity contribution is 5.84. The summed E-state index contributed by atoms with van der Waals surface area (Å²) in [5.41, 5.74) is 4.21. The molecule has 0 amide bonds. The zero-order valence-corrected chi connectivity index (χ0v) is 18.2. The molecule has 1 nitrogen and oxygen atoms in total. The lowest BCUT2D eigenvalue weighted by atomic mass is 9.79. The highest BCUT2D eigenvalue weighted by atomic mass is 16.5. The number of ether oxygens (including phenoxy) is 1. The minimum atomic E-state index is 0.150. The number of fused-ring (bicyclic) bond motifs is 1. The molecule has 0 saturated heterocycles. The van der Waals surface area contributed by atoms with Gasteiger partial charge >= 0.3 is 0 Å². The molecule has 0 unspecified atom stereocenters. The summed E-state index contributed by atoms with van der Waals surface area (Å²) in [4.78, 5) is 0. The van der Waals surface area contributed by atoms with Gasteiger partial charge in [-0.15, -0.1) is 0 Å². The van der Waals surface area contributed by atoms with Crippen LogP contribution in [0.1, 0.15) is 43.4 Å². The van der Waals surface area contributed by atoms with Gasteiger partial charge in [-0.1, -0.05) is 86.1 Å². The number of hydrogen-bond acceptors (Lipinski definition) is 1. The first-order valence-electron chi connectivity index (χ1n) is 10.8. The van der Waals surface area contributed by atoms with Gasteiger partial charge in [-0.2, -0.15) is 0 Å². The number of aryl methyl sites for hydroxylation is 2. The van der Waals surface area contributed by atoms with Crippen LogP contribution in [0.3, 0.4) is 0 Å². The molecule has 30 heavy (non-hydrogen) atoms. The first-order valence-corrected chi connectivity index (χ1v) is 10.8. The molecular weight excluding hydrogens is 364 g/mol. The predicted octanol–water partition coefficient (Wildman–Crippen LogP) is 8.24. The van der Waals surface area contributed by atoms with Crippen molar-refractivity contribution in [2.24, 2.45) is 0 Å². The monoisotopic (exact) mass is 394 g/mol. The third-order valence-electron chi connectivity index (χ3n) is 5.92. The molecule has 4 rings (SSSR count). The summed E-state index contributed by atoms with van der Waals surface area (Å²) in [5, 5.41) is 2.65. The van der Waals surface area contributed by atoms with Crippen molar-refractivity contribution in [1.82, 2.24) is 0 Å². The molecule has 0 saturated carbocycles. The zero-order chi connectivity index (χ0) is 21.0. The molecule has 152 valence electrons. The van der Waals surface area contributed by atoms with Crippen LogP contribution in [0.4, 0.5) is 0 Å². The molecule has 0 atom stereocenters. The number of benzene rings is 4. The van der Waals surface area contributed by atoms with Crippen LogP contribution in [0.25, 0.3) is 10.8 Å². The molecule has 1 heteroatoms. The molecule has 0 aliphatic carbocycles. The largest absolute Gasteiger partial charge is 0.457 e. The Labute approximate surface area is 180 Å². The molecule has 0 bridgehead atoms. The molecule has 4 aromatic carbocycles. The molecule has 0 fully saturated rings. The van der Waals surface area contributed by atoms with Crippen molar-refractivity contribution in [2.45, 2.75) is 45.4 Å². The van der Waals surface area contributed by atoms with Gasteiger partial charge in [-0.05, 0) is 77.8 Å². The van der Waals surface area contributed by atoms with Crippen molar-refractivity contribution in [2.75, 3.05) is 0 Å². The maximum Gasteiger partial charge on any atom is 0.127 e.